The van der Waals surface area contributed by atoms with E-state index in [2.05, 4.69) is 26.2 Å². The van der Waals surface area contributed by atoms with Crippen molar-refractivity contribution in [1.82, 2.24) is 30.4 Å². The van der Waals surface area contributed by atoms with Crippen LogP contribution in [0.1, 0.15) is 24.8 Å². The number of tetrazole rings is 1. The molecule has 9 nitrogen and oxygen atoms in total. The van der Waals surface area contributed by atoms with E-state index in [0.29, 0.717) is 18.7 Å². The minimum absolute atomic E-state index is 0.0967. The number of nitrogens with zero attached hydrogens (tertiary/aromatic N) is 5. The fraction of sp³-hybridized carbons (Fsp3) is 0.438. The van der Waals surface area contributed by atoms with Gasteiger partial charge in [0.05, 0.1) is 5.69 Å². The molecule has 2 N–H and O–H groups in total. The van der Waals surface area contributed by atoms with Crippen LogP contribution < -0.4 is 10.6 Å². The summed E-state index contributed by atoms with van der Waals surface area (Å²) in [6.07, 6.45) is 3.98. The van der Waals surface area contributed by atoms with Gasteiger partial charge in [0, 0.05) is 31.7 Å². The molecule has 2 heterocycles. The first-order valence-corrected chi connectivity index (χ1v) is 8.30. The quantitative estimate of drug-likeness (QED) is 0.846. The van der Waals surface area contributed by atoms with Gasteiger partial charge in [-0.25, -0.2) is 9.48 Å². The molecule has 25 heavy (non-hydrogen) atoms. The predicted octanol–water partition coefficient (Wildman–Crippen LogP) is 1.10. The first-order chi connectivity index (χ1) is 12.1. The Balaban J connectivity index is 1.48. The molecule has 3 amide bonds. The fourth-order valence-corrected chi connectivity index (χ4v) is 2.84. The lowest BCUT2D eigenvalue weighted by molar-refractivity contribution is -0.129. The van der Waals surface area contributed by atoms with Crippen LogP contribution in [-0.2, 0) is 4.79 Å². The summed E-state index contributed by atoms with van der Waals surface area (Å²) in [7, 11) is 0. The lowest BCUT2D eigenvalue weighted by atomic mass is 10.2. The van der Waals surface area contributed by atoms with Crippen LogP contribution in [0.15, 0.2) is 24.5 Å². The highest BCUT2D eigenvalue weighted by Crippen LogP contribution is 2.17. The molecule has 0 spiro atoms. The molecule has 1 aromatic carbocycles. The molecule has 0 saturated carbocycles. The summed E-state index contributed by atoms with van der Waals surface area (Å²) in [5.41, 5.74) is 2.43. The predicted molar refractivity (Wildman–Crippen MR) is 91.3 cm³/mol. The van der Waals surface area contributed by atoms with Crippen LogP contribution in [0.25, 0.3) is 5.69 Å². The molecule has 1 saturated heterocycles. The van der Waals surface area contributed by atoms with Crippen molar-refractivity contribution in [2.24, 2.45) is 0 Å². The van der Waals surface area contributed by atoms with Crippen molar-refractivity contribution >= 4 is 17.6 Å². The Morgan fingerprint density at radius 2 is 2.04 bits per heavy atom. The van der Waals surface area contributed by atoms with Crippen molar-refractivity contribution < 1.29 is 9.59 Å². The normalized spacial score (nSPS) is 13.7. The largest absolute Gasteiger partial charge is 0.343 e. The van der Waals surface area contributed by atoms with Gasteiger partial charge in [-0.1, -0.05) is 0 Å². The molecule has 3 rings (SSSR count). The lowest BCUT2D eigenvalue weighted by Crippen LogP contribution is -2.34. The van der Waals surface area contributed by atoms with Gasteiger partial charge >= 0.3 is 6.03 Å². The Hall–Kier alpha value is -2.97. The van der Waals surface area contributed by atoms with E-state index >= 15 is 0 Å². The molecule has 2 aromatic rings. The van der Waals surface area contributed by atoms with Crippen molar-refractivity contribution in [1.29, 1.82) is 0 Å². The lowest BCUT2D eigenvalue weighted by Gasteiger charge is -2.15. The third kappa shape index (κ3) is 4.31. The van der Waals surface area contributed by atoms with Gasteiger partial charge in [-0.3, -0.25) is 4.79 Å². The van der Waals surface area contributed by atoms with Gasteiger partial charge in [-0.15, -0.1) is 5.10 Å². The summed E-state index contributed by atoms with van der Waals surface area (Å²) in [5, 5.41) is 16.5. The van der Waals surface area contributed by atoms with Crippen LogP contribution in [0, 0.1) is 6.92 Å². The van der Waals surface area contributed by atoms with Crippen LogP contribution >= 0.6 is 0 Å². The number of likely N-dealkylation sites (tertiary alicyclic amines) is 1. The summed E-state index contributed by atoms with van der Waals surface area (Å²) in [5.74, 6) is 0.0967. The van der Waals surface area contributed by atoms with Crippen LogP contribution in [0.2, 0.25) is 0 Å². The summed E-state index contributed by atoms with van der Waals surface area (Å²) in [6, 6.07) is 5.12. The van der Waals surface area contributed by atoms with E-state index in [1.807, 2.05) is 24.0 Å². The van der Waals surface area contributed by atoms with E-state index in [1.165, 1.54) is 6.33 Å². The van der Waals surface area contributed by atoms with Crippen LogP contribution in [0.4, 0.5) is 10.5 Å². The second kappa shape index (κ2) is 7.73. The fourth-order valence-electron chi connectivity index (χ4n) is 2.84. The van der Waals surface area contributed by atoms with Crippen molar-refractivity contribution in [3.05, 3.63) is 30.1 Å². The minimum Gasteiger partial charge on any atom is -0.343 e. The number of benzene rings is 1. The first-order valence-electron chi connectivity index (χ1n) is 8.30. The number of aromatic nitrogens is 4. The smallest absolute Gasteiger partial charge is 0.319 e. The van der Waals surface area contributed by atoms with Gasteiger partial charge in [-0.2, -0.15) is 0 Å². The van der Waals surface area contributed by atoms with Crippen molar-refractivity contribution in [2.75, 3.05) is 25.0 Å². The monoisotopic (exact) mass is 343 g/mol. The SMILES string of the molecule is Cc1cc(NC(=O)NCCC(=O)N2CCCC2)ccc1-n1cnnn1. The maximum Gasteiger partial charge on any atom is 0.319 e. The van der Waals surface area contributed by atoms with Crippen LogP contribution in [0.3, 0.4) is 0 Å². The van der Waals surface area contributed by atoms with E-state index in [1.54, 1.807) is 10.7 Å². The summed E-state index contributed by atoms with van der Waals surface area (Å²) >= 11 is 0. The zero-order chi connectivity index (χ0) is 17.6. The molecule has 0 aliphatic carbocycles. The molecule has 9 heteroatoms. The molecular weight excluding hydrogens is 322 g/mol. The third-order valence-corrected chi connectivity index (χ3v) is 4.13. The number of urea groups is 1. The molecule has 132 valence electrons. The van der Waals surface area contributed by atoms with E-state index in [0.717, 1.165) is 37.2 Å². The molecule has 1 aromatic heterocycles. The molecular formula is C16H21N7O2. The van der Waals surface area contributed by atoms with E-state index in [-0.39, 0.29) is 11.9 Å². The minimum atomic E-state index is -0.330. The number of rotatable bonds is 5. The summed E-state index contributed by atoms with van der Waals surface area (Å²) < 4.78 is 1.56. The van der Waals surface area contributed by atoms with Crippen molar-refractivity contribution in [2.45, 2.75) is 26.2 Å². The molecule has 0 atom stereocenters. The number of carbonyl (C=O) groups is 2. The Morgan fingerprint density at radius 3 is 2.72 bits per heavy atom. The first kappa shape index (κ1) is 16.9. The molecule has 0 unspecified atom stereocenters. The van der Waals surface area contributed by atoms with Crippen molar-refractivity contribution in [3.8, 4) is 5.69 Å². The molecule has 0 radical (unpaired) electrons. The van der Waals surface area contributed by atoms with E-state index in [9.17, 15) is 9.59 Å². The number of aryl methyl sites for hydroxylation is 1. The topological polar surface area (TPSA) is 105 Å². The number of hydrogen-bond acceptors (Lipinski definition) is 5. The van der Waals surface area contributed by atoms with Gasteiger partial charge in [0.25, 0.3) is 0 Å². The molecule has 1 fully saturated rings. The summed E-state index contributed by atoms with van der Waals surface area (Å²) in [4.78, 5) is 25.7. The average Bonchev–Trinajstić information content (AvgIpc) is 3.29. The van der Waals surface area contributed by atoms with Crippen LogP contribution in [-0.4, -0.2) is 56.7 Å². The molecule has 0 bridgehead atoms. The van der Waals surface area contributed by atoms with Crippen molar-refractivity contribution in [3.63, 3.8) is 0 Å². The highest BCUT2D eigenvalue weighted by Gasteiger charge is 2.17. The zero-order valence-electron chi connectivity index (χ0n) is 14.1. The average molecular weight is 343 g/mol. The van der Waals surface area contributed by atoms with Gasteiger partial charge in [0.15, 0.2) is 0 Å². The van der Waals surface area contributed by atoms with E-state index < -0.39 is 0 Å². The number of nitrogens with one attached hydrogen (secondary N) is 2. The van der Waals surface area contributed by atoms with Crippen LogP contribution in [0.5, 0.6) is 0 Å². The maximum absolute atomic E-state index is 12.0. The summed E-state index contributed by atoms with van der Waals surface area (Å²) in [6.45, 7) is 3.90. The number of amides is 3. The highest BCUT2D eigenvalue weighted by atomic mass is 16.2. The van der Waals surface area contributed by atoms with Gasteiger partial charge in [-0.05, 0) is 54.0 Å². The second-order valence-electron chi connectivity index (χ2n) is 5.97. The highest BCUT2D eigenvalue weighted by molar-refractivity contribution is 5.89. The number of anilines is 1. The van der Waals surface area contributed by atoms with Gasteiger partial charge in [0.1, 0.15) is 6.33 Å². The standard InChI is InChI=1S/C16H21N7O2/c1-12-10-13(4-5-14(12)23-11-18-20-21-23)19-16(25)17-7-6-15(24)22-8-2-3-9-22/h4-5,10-11H,2-3,6-9H2,1H3,(H2,17,19,25). The Kier molecular flexibility index (Phi) is 5.22. The molecule has 1 aliphatic heterocycles. The Morgan fingerprint density at radius 1 is 1.24 bits per heavy atom. The van der Waals surface area contributed by atoms with E-state index in [4.69, 9.17) is 0 Å². The molecule has 1 aliphatic rings. The number of carbonyl (C=O) groups excluding carboxylic acids is 2. The zero-order valence-corrected chi connectivity index (χ0v) is 14.1. The number of hydrogen-bond donors (Lipinski definition) is 2. The Bertz CT molecular complexity index is 739. The van der Waals surface area contributed by atoms with Gasteiger partial charge < -0.3 is 15.5 Å². The van der Waals surface area contributed by atoms with Gasteiger partial charge in [0.2, 0.25) is 5.91 Å². The third-order valence-electron chi connectivity index (χ3n) is 4.13. The maximum atomic E-state index is 12.0. The second-order valence-corrected chi connectivity index (χ2v) is 5.97. The Labute approximate surface area is 145 Å².